The van der Waals surface area contributed by atoms with Crippen LogP contribution in [0.5, 0.6) is 0 Å². The van der Waals surface area contributed by atoms with Gasteiger partial charge in [-0.3, -0.25) is 4.21 Å². The Hall–Kier alpha value is -2.09. The van der Waals surface area contributed by atoms with E-state index in [0.29, 0.717) is 17.9 Å². The van der Waals surface area contributed by atoms with E-state index in [1.165, 1.54) is 0 Å². The molecule has 2 amide bonds. The number of ether oxygens (including phenoxy) is 2. The van der Waals surface area contributed by atoms with Crippen LogP contribution in [-0.4, -0.2) is 45.3 Å². The van der Waals surface area contributed by atoms with Gasteiger partial charge in [-0.25, -0.2) is 14.5 Å². The molecule has 0 saturated heterocycles. The molecule has 0 radical (unpaired) electrons. The summed E-state index contributed by atoms with van der Waals surface area (Å²) in [6.07, 6.45) is 0.656. The molecule has 2 N–H and O–H groups in total. The summed E-state index contributed by atoms with van der Waals surface area (Å²) >= 11 is 0. The van der Waals surface area contributed by atoms with E-state index in [2.05, 4.69) is 0 Å². The Labute approximate surface area is 182 Å². The lowest BCUT2D eigenvalue weighted by atomic mass is 9.93. The zero-order valence-corrected chi connectivity index (χ0v) is 20.2. The van der Waals surface area contributed by atoms with Crippen molar-refractivity contribution in [2.24, 2.45) is 0 Å². The maximum absolute atomic E-state index is 12.6. The van der Waals surface area contributed by atoms with E-state index in [1.54, 1.807) is 53.9 Å². The van der Waals surface area contributed by atoms with Gasteiger partial charge in [0.15, 0.2) is 0 Å². The average Bonchev–Trinajstić information content (AvgIpc) is 2.50. The van der Waals surface area contributed by atoms with Gasteiger partial charge < -0.3 is 15.2 Å². The smallest absolute Gasteiger partial charge is 0.419 e. The van der Waals surface area contributed by atoms with Gasteiger partial charge >= 0.3 is 12.2 Å². The molecule has 0 aliphatic heterocycles. The molecule has 1 aromatic carbocycles. The minimum absolute atomic E-state index is 0.00322. The summed E-state index contributed by atoms with van der Waals surface area (Å²) in [6.45, 7) is 12.6. The van der Waals surface area contributed by atoms with Gasteiger partial charge in [-0.1, -0.05) is 13.0 Å². The van der Waals surface area contributed by atoms with Crippen molar-refractivity contribution in [1.29, 1.82) is 0 Å². The Morgan fingerprint density at radius 2 is 1.57 bits per heavy atom. The van der Waals surface area contributed by atoms with Crippen LogP contribution in [0.25, 0.3) is 0 Å². The molecule has 0 spiro atoms. The number of carbonyl (C=O) groups excluding carboxylic acids is 2. The number of amides is 2. The van der Waals surface area contributed by atoms with Crippen molar-refractivity contribution < 1.29 is 23.3 Å². The summed E-state index contributed by atoms with van der Waals surface area (Å²) in [5.41, 5.74) is 6.92. The summed E-state index contributed by atoms with van der Waals surface area (Å²) in [7, 11) is -1.02. The van der Waals surface area contributed by atoms with Gasteiger partial charge in [0.25, 0.3) is 0 Å². The predicted molar refractivity (Wildman–Crippen MR) is 121 cm³/mol. The third-order valence-electron chi connectivity index (χ3n) is 4.07. The summed E-state index contributed by atoms with van der Waals surface area (Å²) < 4.78 is 22.5. The van der Waals surface area contributed by atoms with Gasteiger partial charge in [0.05, 0.1) is 0 Å². The first-order valence-electron chi connectivity index (χ1n) is 10.0. The number of hydrogen-bond donors (Lipinski definition) is 1. The molecule has 0 aliphatic carbocycles. The lowest BCUT2D eigenvalue weighted by Crippen LogP contribution is -2.44. The second kappa shape index (κ2) is 10.3. The topological polar surface area (TPSA) is 98.9 Å². The number of nitrogens with zero attached hydrogens (tertiary/aromatic N) is 1. The van der Waals surface area contributed by atoms with Crippen molar-refractivity contribution in [1.82, 2.24) is 4.90 Å². The van der Waals surface area contributed by atoms with E-state index in [-0.39, 0.29) is 12.5 Å². The van der Waals surface area contributed by atoms with E-state index in [9.17, 15) is 13.8 Å². The van der Waals surface area contributed by atoms with Crippen molar-refractivity contribution in [2.45, 2.75) is 77.8 Å². The molecule has 2 atom stereocenters. The van der Waals surface area contributed by atoms with Crippen LogP contribution < -0.4 is 5.73 Å². The number of rotatable bonds is 6. The Morgan fingerprint density at radius 1 is 1.07 bits per heavy atom. The zero-order valence-electron chi connectivity index (χ0n) is 19.4. The number of hydrogen-bond acceptors (Lipinski definition) is 6. The predicted octanol–water partition coefficient (Wildman–Crippen LogP) is 4.81. The number of benzene rings is 1. The first-order valence-corrected chi connectivity index (χ1v) is 11.7. The molecule has 30 heavy (non-hydrogen) atoms. The highest BCUT2D eigenvalue weighted by Gasteiger charge is 2.31. The Morgan fingerprint density at radius 3 is 2.00 bits per heavy atom. The molecular formula is C22H36N2O5S. The summed E-state index contributed by atoms with van der Waals surface area (Å²) in [6, 6.07) is 5.54. The quantitative estimate of drug-likeness (QED) is 0.637. The van der Waals surface area contributed by atoms with Crippen molar-refractivity contribution in [2.75, 3.05) is 18.5 Å². The number of carbonyl (C=O) groups is 2. The lowest BCUT2D eigenvalue weighted by Gasteiger charge is -2.29. The fourth-order valence-electron chi connectivity index (χ4n) is 2.82. The third-order valence-corrected chi connectivity index (χ3v) is 4.79. The van der Waals surface area contributed by atoms with Crippen molar-refractivity contribution in [3.63, 3.8) is 0 Å². The second-order valence-electron chi connectivity index (χ2n) is 9.48. The van der Waals surface area contributed by atoms with Crippen LogP contribution >= 0.6 is 0 Å². The minimum Gasteiger partial charge on any atom is -0.443 e. The van der Waals surface area contributed by atoms with E-state index in [4.69, 9.17) is 15.2 Å². The lowest BCUT2D eigenvalue weighted by molar-refractivity contribution is 0.00106. The summed E-state index contributed by atoms with van der Waals surface area (Å²) in [4.78, 5) is 26.3. The molecule has 0 fully saturated rings. The maximum Gasteiger partial charge on any atom is 0.419 e. The fourth-order valence-corrected chi connectivity index (χ4v) is 3.51. The van der Waals surface area contributed by atoms with Gasteiger partial charge in [0.2, 0.25) is 0 Å². The van der Waals surface area contributed by atoms with Crippen molar-refractivity contribution in [3.05, 3.63) is 29.3 Å². The van der Waals surface area contributed by atoms with E-state index < -0.39 is 34.2 Å². The first kappa shape index (κ1) is 25.9. The molecule has 0 saturated carbocycles. The van der Waals surface area contributed by atoms with Gasteiger partial charge in [0.1, 0.15) is 11.2 Å². The largest absolute Gasteiger partial charge is 0.443 e. The number of nitrogen functional groups attached to an aromatic ring is 1. The van der Waals surface area contributed by atoms with Crippen molar-refractivity contribution >= 4 is 28.7 Å². The monoisotopic (exact) mass is 440 g/mol. The standard InChI is InChI=1S/C22H36N2O5S/c1-15(18-10-9-17(23)13-16(18)14-30(8)27)11-12-24(19(25)28-21(2,3)4)20(26)29-22(5,6)7/h9-10,13,15H,11-12,14,23H2,1-8H3. The number of nitrogens with two attached hydrogens (primary N) is 1. The SMILES string of the molecule is CC(CCN(C(=O)OC(C)(C)C)C(=O)OC(C)(C)C)c1ccc(N)cc1CS(C)=O. The van der Waals surface area contributed by atoms with Crippen LogP contribution in [0.4, 0.5) is 15.3 Å². The molecule has 0 bridgehead atoms. The highest BCUT2D eigenvalue weighted by atomic mass is 32.2. The molecule has 8 heteroatoms. The van der Waals surface area contributed by atoms with Crippen LogP contribution in [0.1, 0.15) is 71.9 Å². The molecule has 0 heterocycles. The zero-order chi connectivity index (χ0) is 23.3. The van der Waals surface area contributed by atoms with Gasteiger partial charge in [-0.05, 0) is 77.1 Å². The maximum atomic E-state index is 12.6. The Balaban J connectivity index is 3.04. The average molecular weight is 441 g/mol. The summed E-state index contributed by atoms with van der Waals surface area (Å²) in [5, 5.41) is 0. The molecular weight excluding hydrogens is 404 g/mol. The van der Waals surface area contributed by atoms with Gasteiger partial charge in [-0.15, -0.1) is 0 Å². The molecule has 170 valence electrons. The fraction of sp³-hybridized carbons (Fsp3) is 0.636. The van der Waals surface area contributed by atoms with E-state index in [0.717, 1.165) is 16.0 Å². The minimum atomic E-state index is -1.02. The van der Waals surface area contributed by atoms with Crippen LogP contribution in [0.15, 0.2) is 18.2 Å². The van der Waals surface area contributed by atoms with Crippen LogP contribution in [0, 0.1) is 0 Å². The van der Waals surface area contributed by atoms with Gasteiger partial charge in [-0.2, -0.15) is 0 Å². The van der Waals surface area contributed by atoms with Crippen LogP contribution in [0.2, 0.25) is 0 Å². The molecule has 2 unspecified atom stereocenters. The van der Waals surface area contributed by atoms with E-state index in [1.807, 2.05) is 19.1 Å². The third kappa shape index (κ3) is 9.15. The molecule has 0 aliphatic rings. The second-order valence-corrected chi connectivity index (χ2v) is 10.9. The number of anilines is 1. The van der Waals surface area contributed by atoms with Crippen LogP contribution in [-0.2, 0) is 26.0 Å². The first-order chi connectivity index (χ1) is 13.6. The normalized spacial score (nSPS) is 14.0. The van der Waals surface area contributed by atoms with Crippen LogP contribution in [0.3, 0.4) is 0 Å². The highest BCUT2D eigenvalue weighted by molar-refractivity contribution is 7.83. The number of imide groups is 1. The van der Waals surface area contributed by atoms with Gasteiger partial charge in [0, 0.05) is 35.0 Å². The Bertz CT molecular complexity index is 753. The molecule has 0 aromatic heterocycles. The van der Waals surface area contributed by atoms with Crippen molar-refractivity contribution in [3.8, 4) is 0 Å². The molecule has 1 aromatic rings. The summed E-state index contributed by atoms with van der Waals surface area (Å²) in [5.74, 6) is 0.392. The Kier molecular flexibility index (Phi) is 8.90. The molecule has 1 rings (SSSR count). The molecule has 7 nitrogen and oxygen atoms in total. The highest BCUT2D eigenvalue weighted by Crippen LogP contribution is 2.27. The van der Waals surface area contributed by atoms with E-state index >= 15 is 0 Å².